The molecule has 25 heavy (non-hydrogen) atoms. The van der Waals surface area contributed by atoms with Gasteiger partial charge >= 0.3 is 0 Å². The minimum Gasteiger partial charge on any atom is -0.493 e. The van der Waals surface area contributed by atoms with Gasteiger partial charge in [0, 0.05) is 30.3 Å². The molecule has 0 aliphatic carbocycles. The maximum absolute atomic E-state index is 12.2. The van der Waals surface area contributed by atoms with Gasteiger partial charge in [0.25, 0.3) is 5.91 Å². The first kappa shape index (κ1) is 17.5. The molecule has 1 aromatic carbocycles. The Labute approximate surface area is 150 Å². The molecular formula is C17H21N3O4S. The molecule has 0 radical (unpaired) electrons. The average molecular weight is 363 g/mol. The number of benzene rings is 1. The summed E-state index contributed by atoms with van der Waals surface area (Å²) in [5, 5.41) is 8.40. The number of rotatable bonds is 7. The van der Waals surface area contributed by atoms with Crippen LogP contribution in [-0.2, 0) is 4.74 Å². The molecule has 134 valence electrons. The monoisotopic (exact) mass is 363 g/mol. The summed E-state index contributed by atoms with van der Waals surface area (Å²) in [5.74, 6) is 1.09. The van der Waals surface area contributed by atoms with Crippen molar-refractivity contribution >= 4 is 28.1 Å². The number of aromatic nitrogens is 1. The second kappa shape index (κ2) is 8.17. The zero-order valence-corrected chi connectivity index (χ0v) is 15.0. The molecule has 8 heteroatoms. The van der Waals surface area contributed by atoms with E-state index < -0.39 is 0 Å². The van der Waals surface area contributed by atoms with Gasteiger partial charge in [0.15, 0.2) is 16.6 Å². The molecule has 1 atom stereocenters. The van der Waals surface area contributed by atoms with Crippen LogP contribution in [0.15, 0.2) is 23.6 Å². The first-order chi connectivity index (χ1) is 12.2. The van der Waals surface area contributed by atoms with Crippen LogP contribution in [0.3, 0.4) is 0 Å². The molecule has 3 rings (SSSR count). The van der Waals surface area contributed by atoms with E-state index >= 15 is 0 Å². The summed E-state index contributed by atoms with van der Waals surface area (Å²) >= 11 is 1.37. The molecule has 1 unspecified atom stereocenters. The number of hydrogen-bond donors (Lipinski definition) is 2. The van der Waals surface area contributed by atoms with E-state index in [4.69, 9.17) is 14.2 Å². The largest absolute Gasteiger partial charge is 0.493 e. The summed E-state index contributed by atoms with van der Waals surface area (Å²) in [5.41, 5.74) is 1.20. The predicted molar refractivity (Wildman–Crippen MR) is 96.2 cm³/mol. The van der Waals surface area contributed by atoms with E-state index in [0.29, 0.717) is 28.9 Å². The summed E-state index contributed by atoms with van der Waals surface area (Å²) in [6.45, 7) is 1.30. The Kier molecular flexibility index (Phi) is 5.72. The van der Waals surface area contributed by atoms with Crippen molar-refractivity contribution in [2.45, 2.75) is 18.9 Å². The molecule has 0 spiro atoms. The number of thiazole rings is 1. The van der Waals surface area contributed by atoms with Crippen molar-refractivity contribution in [2.75, 3.05) is 32.7 Å². The number of methoxy groups -OCH3 is 2. The van der Waals surface area contributed by atoms with Crippen molar-refractivity contribution in [3.8, 4) is 11.5 Å². The fourth-order valence-electron chi connectivity index (χ4n) is 2.58. The molecule has 1 aromatic heterocycles. The molecule has 0 bridgehead atoms. The normalized spacial score (nSPS) is 16.5. The molecule has 1 aliphatic rings. The van der Waals surface area contributed by atoms with Crippen molar-refractivity contribution < 1.29 is 19.0 Å². The van der Waals surface area contributed by atoms with Crippen LogP contribution in [0.2, 0.25) is 0 Å². The molecule has 2 N–H and O–H groups in total. The third-order valence-electron chi connectivity index (χ3n) is 3.89. The number of hydrogen-bond acceptors (Lipinski definition) is 7. The smallest absolute Gasteiger partial charge is 0.270 e. The van der Waals surface area contributed by atoms with Crippen molar-refractivity contribution in [3.05, 3.63) is 29.3 Å². The number of amides is 1. The molecule has 2 heterocycles. The van der Waals surface area contributed by atoms with Gasteiger partial charge in [-0.15, -0.1) is 11.3 Å². The van der Waals surface area contributed by atoms with Gasteiger partial charge in [0.2, 0.25) is 0 Å². The summed E-state index contributed by atoms with van der Waals surface area (Å²) in [6, 6.07) is 5.49. The van der Waals surface area contributed by atoms with E-state index in [2.05, 4.69) is 15.6 Å². The van der Waals surface area contributed by atoms with E-state index in [1.807, 2.05) is 18.2 Å². The Morgan fingerprint density at radius 3 is 2.92 bits per heavy atom. The van der Waals surface area contributed by atoms with Gasteiger partial charge in [-0.25, -0.2) is 4.98 Å². The lowest BCUT2D eigenvalue weighted by atomic mass is 10.2. The third kappa shape index (κ3) is 4.40. The SMILES string of the molecule is COc1ccc(Nc2nc(C(=O)NCC3CCCO3)cs2)cc1OC. The number of nitrogens with one attached hydrogen (secondary N) is 2. The van der Waals surface area contributed by atoms with Crippen molar-refractivity contribution in [2.24, 2.45) is 0 Å². The maximum atomic E-state index is 12.2. The quantitative estimate of drug-likeness (QED) is 0.787. The van der Waals surface area contributed by atoms with Gasteiger partial charge < -0.3 is 24.8 Å². The van der Waals surface area contributed by atoms with Crippen LogP contribution in [-0.4, -0.2) is 44.4 Å². The number of ether oxygens (including phenoxy) is 3. The molecule has 1 aliphatic heterocycles. The molecule has 1 saturated heterocycles. The van der Waals surface area contributed by atoms with Crippen molar-refractivity contribution in [1.29, 1.82) is 0 Å². The average Bonchev–Trinajstić information content (AvgIpc) is 3.31. The molecule has 1 amide bonds. The lowest BCUT2D eigenvalue weighted by Crippen LogP contribution is -2.31. The highest BCUT2D eigenvalue weighted by Crippen LogP contribution is 2.31. The lowest BCUT2D eigenvalue weighted by molar-refractivity contribution is 0.0854. The first-order valence-corrected chi connectivity index (χ1v) is 8.92. The summed E-state index contributed by atoms with van der Waals surface area (Å²) < 4.78 is 16.0. The summed E-state index contributed by atoms with van der Waals surface area (Å²) in [6.07, 6.45) is 2.16. The van der Waals surface area contributed by atoms with E-state index in [1.54, 1.807) is 19.6 Å². The maximum Gasteiger partial charge on any atom is 0.270 e. The zero-order chi connectivity index (χ0) is 17.6. The Hall–Kier alpha value is -2.32. The van der Waals surface area contributed by atoms with Gasteiger partial charge in [-0.05, 0) is 25.0 Å². The number of carbonyl (C=O) groups is 1. The van der Waals surface area contributed by atoms with Gasteiger partial charge in [0.1, 0.15) is 5.69 Å². The van der Waals surface area contributed by atoms with Crippen LogP contribution in [0, 0.1) is 0 Å². The van der Waals surface area contributed by atoms with Gasteiger partial charge in [-0.1, -0.05) is 0 Å². The van der Waals surface area contributed by atoms with E-state index in [1.165, 1.54) is 11.3 Å². The van der Waals surface area contributed by atoms with Crippen LogP contribution >= 0.6 is 11.3 Å². The number of anilines is 2. The number of carbonyl (C=O) groups excluding carboxylic acids is 1. The Morgan fingerprint density at radius 1 is 1.36 bits per heavy atom. The molecule has 1 fully saturated rings. The highest BCUT2D eigenvalue weighted by Gasteiger charge is 2.18. The molecule has 2 aromatic rings. The Bertz CT molecular complexity index is 728. The van der Waals surface area contributed by atoms with E-state index in [-0.39, 0.29) is 12.0 Å². The third-order valence-corrected chi connectivity index (χ3v) is 4.64. The van der Waals surface area contributed by atoms with Gasteiger partial charge in [-0.2, -0.15) is 0 Å². The van der Waals surface area contributed by atoms with Crippen LogP contribution in [0.5, 0.6) is 11.5 Å². The Morgan fingerprint density at radius 2 is 2.20 bits per heavy atom. The molecular weight excluding hydrogens is 342 g/mol. The minimum absolute atomic E-state index is 0.118. The lowest BCUT2D eigenvalue weighted by Gasteiger charge is -2.10. The van der Waals surface area contributed by atoms with Crippen LogP contribution in [0.1, 0.15) is 23.3 Å². The Balaban J connectivity index is 1.60. The van der Waals surface area contributed by atoms with Crippen LogP contribution in [0.4, 0.5) is 10.8 Å². The van der Waals surface area contributed by atoms with Crippen LogP contribution in [0.25, 0.3) is 0 Å². The standard InChI is InChI=1S/C17H21N3O4S/c1-22-14-6-5-11(8-15(14)23-2)19-17-20-13(10-25-17)16(21)18-9-12-4-3-7-24-12/h5-6,8,10,12H,3-4,7,9H2,1-2H3,(H,18,21)(H,19,20). The fourth-order valence-corrected chi connectivity index (χ4v) is 3.29. The first-order valence-electron chi connectivity index (χ1n) is 8.04. The molecule has 7 nitrogen and oxygen atoms in total. The summed E-state index contributed by atoms with van der Waals surface area (Å²) in [7, 11) is 3.18. The second-order valence-electron chi connectivity index (χ2n) is 5.58. The van der Waals surface area contributed by atoms with Gasteiger partial charge in [-0.3, -0.25) is 4.79 Å². The predicted octanol–water partition coefficient (Wildman–Crippen LogP) is 2.81. The van der Waals surface area contributed by atoms with Crippen LogP contribution < -0.4 is 20.1 Å². The van der Waals surface area contributed by atoms with Gasteiger partial charge in [0.05, 0.1) is 20.3 Å². The topological polar surface area (TPSA) is 81.7 Å². The second-order valence-corrected chi connectivity index (χ2v) is 6.44. The highest BCUT2D eigenvalue weighted by molar-refractivity contribution is 7.14. The minimum atomic E-state index is -0.188. The fraction of sp³-hybridized carbons (Fsp3) is 0.412. The highest BCUT2D eigenvalue weighted by atomic mass is 32.1. The van der Waals surface area contributed by atoms with Crippen molar-refractivity contribution in [1.82, 2.24) is 10.3 Å². The van der Waals surface area contributed by atoms with Crippen molar-refractivity contribution in [3.63, 3.8) is 0 Å². The number of nitrogens with zero attached hydrogens (tertiary/aromatic N) is 1. The summed E-state index contributed by atoms with van der Waals surface area (Å²) in [4.78, 5) is 16.5. The van der Waals surface area contributed by atoms with E-state index in [9.17, 15) is 4.79 Å². The molecule has 0 saturated carbocycles. The van der Waals surface area contributed by atoms with E-state index in [0.717, 1.165) is 25.1 Å². The zero-order valence-electron chi connectivity index (χ0n) is 14.2.